The number of carbonyl (C=O) groups is 1. The van der Waals surface area contributed by atoms with Crippen LogP contribution in [0.2, 0.25) is 0 Å². The van der Waals surface area contributed by atoms with Crippen molar-refractivity contribution in [1.29, 1.82) is 0 Å². The van der Waals surface area contributed by atoms with Gasteiger partial charge in [-0.2, -0.15) is 0 Å². The molecule has 2 aromatic heterocycles. The molecule has 5 heteroatoms. The van der Waals surface area contributed by atoms with E-state index in [1.165, 1.54) is 11.3 Å². The number of pyridine rings is 1. The summed E-state index contributed by atoms with van der Waals surface area (Å²) in [5.74, 6) is -0.797. The molecule has 0 bridgehead atoms. The van der Waals surface area contributed by atoms with Gasteiger partial charge in [-0.05, 0) is 12.1 Å². The highest BCUT2D eigenvalue weighted by atomic mass is 32.1. The highest BCUT2D eigenvalue weighted by molar-refractivity contribution is 7.09. The minimum absolute atomic E-state index is 0.120. The van der Waals surface area contributed by atoms with Gasteiger partial charge in [-0.1, -0.05) is 6.07 Å². The Kier molecular flexibility index (Phi) is 3.26. The smallest absolute Gasteiger partial charge is 0.303 e. The summed E-state index contributed by atoms with van der Waals surface area (Å²) in [7, 11) is 0. The Labute approximate surface area is 96.6 Å². The average molecular weight is 234 g/mol. The third-order valence-electron chi connectivity index (χ3n) is 2.03. The molecule has 1 N–H and O–H groups in total. The number of aromatic nitrogens is 2. The summed E-state index contributed by atoms with van der Waals surface area (Å²) < 4.78 is 0. The number of hydrogen-bond acceptors (Lipinski definition) is 4. The summed E-state index contributed by atoms with van der Waals surface area (Å²) in [6, 6.07) is 5.63. The van der Waals surface area contributed by atoms with E-state index in [4.69, 9.17) is 5.11 Å². The molecule has 0 saturated heterocycles. The second kappa shape index (κ2) is 4.85. The van der Waals surface area contributed by atoms with Gasteiger partial charge < -0.3 is 5.11 Å². The molecule has 0 radical (unpaired) electrons. The summed E-state index contributed by atoms with van der Waals surface area (Å²) in [5, 5.41) is 11.3. The minimum Gasteiger partial charge on any atom is -0.481 e. The van der Waals surface area contributed by atoms with Crippen LogP contribution in [-0.2, 0) is 11.2 Å². The second-order valence-electron chi connectivity index (χ2n) is 3.24. The van der Waals surface area contributed by atoms with E-state index in [9.17, 15) is 4.79 Å². The summed E-state index contributed by atoms with van der Waals surface area (Å²) in [5.41, 5.74) is 1.63. The van der Waals surface area contributed by atoms with Gasteiger partial charge >= 0.3 is 5.97 Å². The number of thiazole rings is 1. The molecular formula is C11H10N2O2S. The van der Waals surface area contributed by atoms with E-state index in [1.54, 1.807) is 6.20 Å². The van der Waals surface area contributed by atoms with E-state index < -0.39 is 5.97 Å². The standard InChI is InChI=1S/C11H10N2O2S/c14-11(15)5-4-10-13-9(7-16-10)8-3-1-2-6-12-8/h1-3,6-7H,4-5H2,(H,14,15). The van der Waals surface area contributed by atoms with Gasteiger partial charge in [0.25, 0.3) is 0 Å². The first-order valence-electron chi connectivity index (χ1n) is 4.83. The molecule has 4 nitrogen and oxygen atoms in total. The number of nitrogens with zero attached hydrogens (tertiary/aromatic N) is 2. The van der Waals surface area contributed by atoms with Crippen LogP contribution in [0.15, 0.2) is 29.8 Å². The molecule has 2 aromatic rings. The Bertz CT molecular complexity index is 482. The van der Waals surface area contributed by atoms with Crippen LogP contribution in [0.3, 0.4) is 0 Å². The molecule has 0 spiro atoms. The summed E-state index contributed by atoms with van der Waals surface area (Å²) in [6.07, 6.45) is 2.31. The normalized spacial score (nSPS) is 10.2. The highest BCUT2D eigenvalue weighted by Crippen LogP contribution is 2.20. The van der Waals surface area contributed by atoms with Crippen molar-refractivity contribution < 1.29 is 9.90 Å². The lowest BCUT2D eigenvalue weighted by atomic mass is 10.3. The third-order valence-corrected chi connectivity index (χ3v) is 2.94. The fourth-order valence-corrected chi connectivity index (χ4v) is 2.06. The van der Waals surface area contributed by atoms with E-state index in [-0.39, 0.29) is 6.42 Å². The molecular weight excluding hydrogens is 224 g/mol. The fourth-order valence-electron chi connectivity index (χ4n) is 1.27. The Hall–Kier alpha value is -1.75. The lowest BCUT2D eigenvalue weighted by Crippen LogP contribution is -1.96. The number of rotatable bonds is 4. The van der Waals surface area contributed by atoms with Gasteiger partial charge in [0.2, 0.25) is 0 Å². The van der Waals surface area contributed by atoms with E-state index in [1.807, 2.05) is 23.6 Å². The fraction of sp³-hybridized carbons (Fsp3) is 0.182. The van der Waals surface area contributed by atoms with Crippen molar-refractivity contribution in [1.82, 2.24) is 9.97 Å². The third kappa shape index (κ3) is 2.64. The van der Waals surface area contributed by atoms with Gasteiger partial charge in [0.15, 0.2) is 0 Å². The molecule has 0 fully saturated rings. The molecule has 0 aliphatic rings. The molecule has 0 unspecified atom stereocenters. The maximum absolute atomic E-state index is 10.4. The molecule has 0 aliphatic heterocycles. The van der Waals surface area contributed by atoms with Crippen molar-refractivity contribution in [3.05, 3.63) is 34.8 Å². The molecule has 82 valence electrons. The van der Waals surface area contributed by atoms with E-state index in [0.717, 1.165) is 16.4 Å². The van der Waals surface area contributed by atoms with Crippen LogP contribution in [0.1, 0.15) is 11.4 Å². The van der Waals surface area contributed by atoms with Crippen LogP contribution >= 0.6 is 11.3 Å². The number of aliphatic carboxylic acids is 1. The quantitative estimate of drug-likeness (QED) is 0.881. The van der Waals surface area contributed by atoms with Crippen molar-refractivity contribution in [2.45, 2.75) is 12.8 Å². The Morgan fingerprint density at radius 1 is 1.38 bits per heavy atom. The zero-order chi connectivity index (χ0) is 11.4. The monoisotopic (exact) mass is 234 g/mol. The Balaban J connectivity index is 2.11. The molecule has 0 amide bonds. The first-order valence-corrected chi connectivity index (χ1v) is 5.71. The Morgan fingerprint density at radius 2 is 2.25 bits per heavy atom. The minimum atomic E-state index is -0.797. The second-order valence-corrected chi connectivity index (χ2v) is 4.18. The molecule has 2 heterocycles. The number of carboxylic acid groups (broad SMARTS) is 1. The highest BCUT2D eigenvalue weighted by Gasteiger charge is 2.06. The number of carboxylic acids is 1. The van der Waals surface area contributed by atoms with Gasteiger partial charge in [-0.3, -0.25) is 9.78 Å². The van der Waals surface area contributed by atoms with Gasteiger partial charge in [0, 0.05) is 18.0 Å². The lowest BCUT2D eigenvalue weighted by molar-refractivity contribution is -0.136. The topological polar surface area (TPSA) is 63.1 Å². The van der Waals surface area contributed by atoms with Gasteiger partial charge in [0.1, 0.15) is 0 Å². The van der Waals surface area contributed by atoms with Crippen molar-refractivity contribution >= 4 is 17.3 Å². The Morgan fingerprint density at radius 3 is 2.94 bits per heavy atom. The van der Waals surface area contributed by atoms with Gasteiger partial charge in [-0.15, -0.1) is 11.3 Å². The summed E-state index contributed by atoms with van der Waals surface area (Å²) >= 11 is 1.47. The van der Waals surface area contributed by atoms with Crippen LogP contribution < -0.4 is 0 Å². The van der Waals surface area contributed by atoms with Gasteiger partial charge in [0.05, 0.1) is 22.8 Å². The molecule has 0 atom stereocenters. The van der Waals surface area contributed by atoms with Crippen LogP contribution in [0.25, 0.3) is 11.4 Å². The van der Waals surface area contributed by atoms with Crippen molar-refractivity contribution in [2.24, 2.45) is 0 Å². The SMILES string of the molecule is O=C(O)CCc1nc(-c2ccccn2)cs1. The van der Waals surface area contributed by atoms with Crippen molar-refractivity contribution in [3.8, 4) is 11.4 Å². The maximum atomic E-state index is 10.4. The van der Waals surface area contributed by atoms with Crippen molar-refractivity contribution in [2.75, 3.05) is 0 Å². The molecule has 0 aromatic carbocycles. The van der Waals surface area contributed by atoms with Gasteiger partial charge in [-0.25, -0.2) is 4.98 Å². The van der Waals surface area contributed by atoms with Crippen LogP contribution in [0.5, 0.6) is 0 Å². The molecule has 16 heavy (non-hydrogen) atoms. The first kappa shape index (κ1) is 10.8. The van der Waals surface area contributed by atoms with E-state index in [2.05, 4.69) is 9.97 Å². The van der Waals surface area contributed by atoms with Crippen LogP contribution in [-0.4, -0.2) is 21.0 Å². The number of hydrogen-bond donors (Lipinski definition) is 1. The molecule has 0 aliphatic carbocycles. The average Bonchev–Trinajstić information content (AvgIpc) is 2.76. The van der Waals surface area contributed by atoms with Crippen LogP contribution in [0.4, 0.5) is 0 Å². The maximum Gasteiger partial charge on any atom is 0.303 e. The van der Waals surface area contributed by atoms with E-state index >= 15 is 0 Å². The zero-order valence-corrected chi connectivity index (χ0v) is 9.28. The molecule has 2 rings (SSSR count). The predicted octanol–water partition coefficient (Wildman–Crippen LogP) is 2.22. The molecule has 0 saturated carbocycles. The van der Waals surface area contributed by atoms with E-state index in [0.29, 0.717) is 6.42 Å². The largest absolute Gasteiger partial charge is 0.481 e. The summed E-state index contributed by atoms with van der Waals surface area (Å²) in [6.45, 7) is 0. The predicted molar refractivity (Wildman–Crippen MR) is 61.3 cm³/mol. The first-order chi connectivity index (χ1) is 7.75. The summed E-state index contributed by atoms with van der Waals surface area (Å²) in [4.78, 5) is 18.9. The van der Waals surface area contributed by atoms with Crippen LogP contribution in [0, 0.1) is 0 Å². The lowest BCUT2D eigenvalue weighted by Gasteiger charge is -1.93. The number of aryl methyl sites for hydroxylation is 1. The zero-order valence-electron chi connectivity index (χ0n) is 8.46. The van der Waals surface area contributed by atoms with Crippen molar-refractivity contribution in [3.63, 3.8) is 0 Å².